The maximum Gasteiger partial charge on any atom is 1.00 e. The number of hydrogen-bond acceptors (Lipinski definition) is 3. The number of allylic oxidation sites excluding steroid dienone is 1. The molecule has 0 aromatic rings. The second-order valence-electron chi connectivity index (χ2n) is 1.51. The van der Waals surface area contributed by atoms with Gasteiger partial charge in [-0.05, 0) is 13.5 Å². The van der Waals surface area contributed by atoms with Crippen LogP contribution >= 0.6 is 0 Å². The average Bonchev–Trinajstić information content (AvgIpc) is 1.63. The van der Waals surface area contributed by atoms with Crippen molar-refractivity contribution in [2.75, 3.05) is 6.61 Å². The van der Waals surface area contributed by atoms with Gasteiger partial charge in [0.25, 0.3) is 0 Å². The molecule has 0 N–H and O–H groups in total. The van der Waals surface area contributed by atoms with Gasteiger partial charge in [0, 0.05) is 6.08 Å². The van der Waals surface area contributed by atoms with Crippen molar-refractivity contribution in [3.8, 4) is 0 Å². The van der Waals surface area contributed by atoms with Crippen molar-refractivity contribution in [2.24, 2.45) is 0 Å². The Bertz CT molecular complexity index is 131. The molecule has 0 aromatic carbocycles. The standard InChI is InChI=1S/C6H10O3.Na/c1-3-9-6(8)4-5(2)7;/h4,8H,3H2,1-2H3;/q;+1/p-1. The van der Waals surface area contributed by atoms with E-state index in [9.17, 15) is 9.90 Å². The molecule has 0 rings (SSSR count). The van der Waals surface area contributed by atoms with Crippen molar-refractivity contribution in [2.45, 2.75) is 13.8 Å². The Kier molecular flexibility index (Phi) is 9.02. The zero-order valence-electron chi connectivity index (χ0n) is 6.51. The van der Waals surface area contributed by atoms with Gasteiger partial charge >= 0.3 is 29.6 Å². The minimum absolute atomic E-state index is 0. The Hall–Kier alpha value is 0.0100. The number of ether oxygens (including phenoxy) is 1. The summed E-state index contributed by atoms with van der Waals surface area (Å²) in [6, 6.07) is 0. The topological polar surface area (TPSA) is 49.4 Å². The number of hydrogen-bond donors (Lipinski definition) is 0. The molecule has 0 atom stereocenters. The summed E-state index contributed by atoms with van der Waals surface area (Å²) in [7, 11) is 0. The van der Waals surface area contributed by atoms with Crippen molar-refractivity contribution in [1.29, 1.82) is 0 Å². The maximum atomic E-state index is 10.4. The molecule has 10 heavy (non-hydrogen) atoms. The van der Waals surface area contributed by atoms with Gasteiger partial charge in [-0.2, -0.15) is 0 Å². The van der Waals surface area contributed by atoms with Gasteiger partial charge in [-0.15, -0.1) is 0 Å². The Morgan fingerprint density at radius 2 is 2.20 bits per heavy atom. The van der Waals surface area contributed by atoms with E-state index in [0.717, 1.165) is 6.08 Å². The summed E-state index contributed by atoms with van der Waals surface area (Å²) in [6.07, 6.45) is 0.920. The van der Waals surface area contributed by atoms with Crippen LogP contribution in [0.15, 0.2) is 12.0 Å². The first-order valence-electron chi connectivity index (χ1n) is 2.69. The van der Waals surface area contributed by atoms with Crippen LogP contribution in [0.1, 0.15) is 13.8 Å². The molecular formula is C6H9NaO3. The van der Waals surface area contributed by atoms with Crippen LogP contribution in [0.3, 0.4) is 0 Å². The predicted molar refractivity (Wildman–Crippen MR) is 30.4 cm³/mol. The molecule has 0 aliphatic heterocycles. The van der Waals surface area contributed by atoms with Crippen LogP contribution < -0.4 is 34.7 Å². The van der Waals surface area contributed by atoms with Gasteiger partial charge in [-0.3, -0.25) is 4.79 Å². The van der Waals surface area contributed by atoms with Crippen molar-refractivity contribution in [3.05, 3.63) is 12.0 Å². The molecule has 0 amide bonds. The van der Waals surface area contributed by atoms with Gasteiger partial charge in [0.1, 0.15) is 0 Å². The molecule has 0 spiro atoms. The summed E-state index contributed by atoms with van der Waals surface area (Å²) >= 11 is 0. The Balaban J connectivity index is 0. The average molecular weight is 152 g/mol. The maximum absolute atomic E-state index is 10.4. The van der Waals surface area contributed by atoms with Gasteiger partial charge in [0.2, 0.25) is 0 Å². The second kappa shape index (κ2) is 7.12. The molecule has 4 heteroatoms. The largest absolute Gasteiger partial charge is 1.00 e. The third kappa shape index (κ3) is 8.01. The Morgan fingerprint density at radius 3 is 2.50 bits per heavy atom. The van der Waals surface area contributed by atoms with Gasteiger partial charge in [-0.25, -0.2) is 0 Å². The second-order valence-corrected chi connectivity index (χ2v) is 1.51. The molecule has 0 radical (unpaired) electrons. The molecule has 3 nitrogen and oxygen atoms in total. The molecular weight excluding hydrogens is 143 g/mol. The van der Waals surface area contributed by atoms with E-state index < -0.39 is 5.95 Å². The van der Waals surface area contributed by atoms with Crippen LogP contribution in [0.25, 0.3) is 0 Å². The quantitative estimate of drug-likeness (QED) is 0.243. The van der Waals surface area contributed by atoms with Crippen LogP contribution in [-0.2, 0) is 9.53 Å². The van der Waals surface area contributed by atoms with Gasteiger partial charge in [-0.1, -0.05) is 6.92 Å². The molecule has 0 saturated heterocycles. The number of rotatable bonds is 3. The fraction of sp³-hybridized carbons (Fsp3) is 0.500. The van der Waals surface area contributed by atoms with E-state index in [4.69, 9.17) is 0 Å². The van der Waals surface area contributed by atoms with Crippen molar-refractivity contribution in [3.63, 3.8) is 0 Å². The Labute approximate surface area is 82.4 Å². The van der Waals surface area contributed by atoms with Crippen molar-refractivity contribution >= 4 is 5.78 Å². The van der Waals surface area contributed by atoms with Gasteiger partial charge in [0.15, 0.2) is 5.78 Å². The molecule has 0 aliphatic carbocycles. The van der Waals surface area contributed by atoms with Crippen molar-refractivity contribution in [1.82, 2.24) is 0 Å². The molecule has 0 fully saturated rings. The fourth-order valence-electron chi connectivity index (χ4n) is 0.350. The third-order valence-corrected chi connectivity index (χ3v) is 0.608. The molecule has 0 bridgehead atoms. The summed E-state index contributed by atoms with van der Waals surface area (Å²) in [6.45, 7) is 3.30. The van der Waals surface area contributed by atoms with E-state index in [1.165, 1.54) is 6.92 Å². The third-order valence-electron chi connectivity index (χ3n) is 0.608. The Morgan fingerprint density at radius 1 is 1.70 bits per heavy atom. The van der Waals surface area contributed by atoms with Crippen LogP contribution in [0.2, 0.25) is 0 Å². The first-order chi connectivity index (χ1) is 4.16. The summed E-state index contributed by atoms with van der Waals surface area (Å²) in [5.74, 6) is -0.849. The molecule has 0 aromatic heterocycles. The van der Waals surface area contributed by atoms with E-state index in [-0.39, 0.29) is 35.3 Å². The smallest absolute Gasteiger partial charge is 0.613 e. The summed E-state index contributed by atoms with van der Waals surface area (Å²) in [5, 5.41) is 10.4. The molecule has 0 unspecified atom stereocenters. The molecule has 0 heterocycles. The number of carbonyl (C=O) groups excluding carboxylic acids is 1. The van der Waals surface area contributed by atoms with Gasteiger partial charge in [0.05, 0.1) is 5.95 Å². The SMILES string of the molecule is CCOC([O-])=CC(C)=O.[Na+]. The van der Waals surface area contributed by atoms with E-state index in [0.29, 0.717) is 6.61 Å². The van der Waals surface area contributed by atoms with Crippen LogP contribution in [0.5, 0.6) is 0 Å². The van der Waals surface area contributed by atoms with Crippen LogP contribution in [-0.4, -0.2) is 12.4 Å². The predicted octanol–water partition coefficient (Wildman–Crippen LogP) is -3.18. The molecule has 0 saturated carbocycles. The zero-order chi connectivity index (χ0) is 7.28. The first-order valence-corrected chi connectivity index (χ1v) is 2.69. The zero-order valence-corrected chi connectivity index (χ0v) is 8.51. The monoisotopic (exact) mass is 152 g/mol. The van der Waals surface area contributed by atoms with Gasteiger partial charge < -0.3 is 9.84 Å². The fourth-order valence-corrected chi connectivity index (χ4v) is 0.350. The van der Waals surface area contributed by atoms with Crippen LogP contribution in [0, 0.1) is 0 Å². The molecule has 0 aliphatic rings. The van der Waals surface area contributed by atoms with Crippen molar-refractivity contribution < 1.29 is 44.2 Å². The number of carbonyl (C=O) groups is 1. The normalized spacial score (nSPS) is 10.0. The van der Waals surface area contributed by atoms with E-state index in [2.05, 4.69) is 4.74 Å². The number of ketones is 1. The summed E-state index contributed by atoms with van der Waals surface area (Å²) in [5.41, 5.74) is 0. The van der Waals surface area contributed by atoms with E-state index >= 15 is 0 Å². The first kappa shape index (κ1) is 12.7. The van der Waals surface area contributed by atoms with E-state index in [1.807, 2.05) is 0 Å². The van der Waals surface area contributed by atoms with Crippen LogP contribution in [0.4, 0.5) is 0 Å². The minimum atomic E-state index is -0.565. The summed E-state index contributed by atoms with van der Waals surface area (Å²) in [4.78, 5) is 10.2. The molecule has 52 valence electrons. The minimum Gasteiger partial charge on any atom is -0.613 e. The summed E-state index contributed by atoms with van der Waals surface area (Å²) < 4.78 is 4.44. The van der Waals surface area contributed by atoms with E-state index in [1.54, 1.807) is 6.92 Å².